The van der Waals surface area contributed by atoms with Crippen molar-refractivity contribution < 1.29 is 19.0 Å². The highest BCUT2D eigenvalue weighted by atomic mass is 16.7. The summed E-state index contributed by atoms with van der Waals surface area (Å²) in [6.45, 7) is 0.676. The largest absolute Gasteiger partial charge is 0.385 e. The lowest BCUT2D eigenvalue weighted by molar-refractivity contribution is -0.171. The van der Waals surface area contributed by atoms with Crippen molar-refractivity contribution >= 4 is 28.3 Å². The van der Waals surface area contributed by atoms with Crippen molar-refractivity contribution in [3.8, 4) is 11.3 Å². The number of rotatable bonds is 7. The Morgan fingerprint density at radius 3 is 2.81 bits per heavy atom. The summed E-state index contributed by atoms with van der Waals surface area (Å²) in [6, 6.07) is 5.88. The monoisotopic (exact) mass is 505 g/mol. The Morgan fingerprint density at radius 1 is 1.16 bits per heavy atom. The first-order valence-corrected chi connectivity index (χ1v) is 12.6. The van der Waals surface area contributed by atoms with E-state index >= 15 is 0 Å². The molecule has 11 heteroatoms. The number of carbonyl (C=O) groups excluding carboxylic acids is 1. The van der Waals surface area contributed by atoms with Crippen LogP contribution >= 0.6 is 0 Å². The fourth-order valence-corrected chi connectivity index (χ4v) is 5.37. The first-order chi connectivity index (χ1) is 18.1. The highest BCUT2D eigenvalue weighted by Crippen LogP contribution is 2.36. The molecule has 1 saturated heterocycles. The molecule has 0 unspecified atom stereocenters. The normalized spacial score (nSPS) is 23.8. The number of methoxy groups -OCH3 is 2. The number of hydrogen-bond donors (Lipinski definition) is 2. The molecular weight excluding hydrogens is 474 g/mol. The molecule has 0 radical (unpaired) electrons. The van der Waals surface area contributed by atoms with E-state index in [0.717, 1.165) is 48.0 Å². The summed E-state index contributed by atoms with van der Waals surface area (Å²) in [7, 11) is 5.17. The third-order valence-corrected chi connectivity index (χ3v) is 7.50. The van der Waals surface area contributed by atoms with Crippen LogP contribution in [0.15, 0.2) is 36.8 Å². The summed E-state index contributed by atoms with van der Waals surface area (Å²) in [5.74, 6) is -0.225. The molecule has 5 heterocycles. The number of aromatic nitrogens is 5. The standard InChI is InChI=1S/C26H31N7O4/c1-27-19-12-18(31-33-21(13-29-24(19)33)25(34)30-17-8-9-22(17)35-2)16-14-32(23-15(16)6-4-10-28-23)20-7-5-11-37-26(20)36-3/h4,6,10,12-14,17,20,22,26-27H,5,7-9,11H2,1-3H3,(H,30,34)/t17-,20-,22-,26+/m1/s1. The van der Waals surface area contributed by atoms with Gasteiger partial charge in [-0.2, -0.15) is 5.10 Å². The molecular formula is C26H31N7O4. The van der Waals surface area contributed by atoms with Crippen molar-refractivity contribution in [2.24, 2.45) is 0 Å². The van der Waals surface area contributed by atoms with E-state index in [-0.39, 0.29) is 30.4 Å². The Labute approximate surface area is 214 Å². The van der Waals surface area contributed by atoms with Gasteiger partial charge in [0.1, 0.15) is 5.65 Å². The maximum absolute atomic E-state index is 13.2. The zero-order valence-corrected chi connectivity index (χ0v) is 21.2. The van der Waals surface area contributed by atoms with Crippen LogP contribution < -0.4 is 10.6 Å². The van der Waals surface area contributed by atoms with Gasteiger partial charge in [-0.3, -0.25) is 4.79 Å². The molecule has 37 heavy (non-hydrogen) atoms. The Kier molecular flexibility index (Phi) is 6.27. The highest BCUT2D eigenvalue weighted by Gasteiger charge is 2.33. The van der Waals surface area contributed by atoms with Gasteiger partial charge < -0.3 is 29.4 Å². The first-order valence-electron chi connectivity index (χ1n) is 12.6. The second-order valence-electron chi connectivity index (χ2n) is 9.51. The van der Waals surface area contributed by atoms with E-state index in [4.69, 9.17) is 19.3 Å². The highest BCUT2D eigenvalue weighted by molar-refractivity contribution is 5.96. The molecule has 4 atom stereocenters. The molecule has 6 rings (SSSR count). The van der Waals surface area contributed by atoms with Crippen LogP contribution in [0.3, 0.4) is 0 Å². The second-order valence-corrected chi connectivity index (χ2v) is 9.51. The van der Waals surface area contributed by atoms with Gasteiger partial charge in [0.25, 0.3) is 5.91 Å². The fourth-order valence-electron chi connectivity index (χ4n) is 5.37. The van der Waals surface area contributed by atoms with Gasteiger partial charge in [0, 0.05) is 51.2 Å². The van der Waals surface area contributed by atoms with Crippen molar-refractivity contribution in [1.82, 2.24) is 29.5 Å². The number of nitrogens with zero attached hydrogens (tertiary/aromatic N) is 5. The smallest absolute Gasteiger partial charge is 0.271 e. The predicted molar refractivity (Wildman–Crippen MR) is 138 cm³/mol. The number of hydrogen-bond acceptors (Lipinski definition) is 8. The van der Waals surface area contributed by atoms with E-state index in [1.165, 1.54) is 0 Å². The predicted octanol–water partition coefficient (Wildman–Crippen LogP) is 3.02. The summed E-state index contributed by atoms with van der Waals surface area (Å²) in [5, 5.41) is 12.1. The van der Waals surface area contributed by atoms with E-state index in [2.05, 4.69) is 31.4 Å². The summed E-state index contributed by atoms with van der Waals surface area (Å²) < 4.78 is 20.7. The van der Waals surface area contributed by atoms with Crippen LogP contribution in [0.2, 0.25) is 0 Å². The van der Waals surface area contributed by atoms with Gasteiger partial charge in [0.2, 0.25) is 0 Å². The average Bonchev–Trinajstić information content (AvgIpc) is 3.53. The van der Waals surface area contributed by atoms with Crippen molar-refractivity contribution in [3.05, 3.63) is 42.5 Å². The summed E-state index contributed by atoms with van der Waals surface area (Å²) in [5.41, 5.74) is 4.16. The molecule has 0 aromatic carbocycles. The average molecular weight is 506 g/mol. The molecule has 0 bridgehead atoms. The Balaban J connectivity index is 1.45. The van der Waals surface area contributed by atoms with E-state index in [1.54, 1.807) is 31.1 Å². The Bertz CT molecular complexity index is 1450. The number of nitrogens with one attached hydrogen (secondary N) is 2. The van der Waals surface area contributed by atoms with E-state index in [0.29, 0.717) is 23.6 Å². The Hall–Kier alpha value is -3.54. The van der Waals surface area contributed by atoms with Crippen LogP contribution in [-0.2, 0) is 14.2 Å². The lowest BCUT2D eigenvalue weighted by atomic mass is 9.89. The van der Waals surface area contributed by atoms with Crippen molar-refractivity contribution in [2.75, 3.05) is 33.2 Å². The fraction of sp³-hybridized carbons (Fsp3) is 0.462. The third kappa shape index (κ3) is 4.03. The van der Waals surface area contributed by atoms with Crippen molar-refractivity contribution in [3.63, 3.8) is 0 Å². The van der Waals surface area contributed by atoms with Gasteiger partial charge in [-0.15, -0.1) is 0 Å². The van der Waals surface area contributed by atoms with Crippen molar-refractivity contribution in [2.45, 2.75) is 50.2 Å². The summed E-state index contributed by atoms with van der Waals surface area (Å²) in [6.07, 6.45) is 8.79. The minimum absolute atomic E-state index is 0.00880. The second kappa shape index (κ2) is 9.73. The quantitative estimate of drug-likeness (QED) is 0.394. The number of fused-ring (bicyclic) bond motifs is 2. The Morgan fingerprint density at radius 2 is 2.05 bits per heavy atom. The van der Waals surface area contributed by atoms with Crippen LogP contribution in [0.1, 0.15) is 42.2 Å². The number of carbonyl (C=O) groups is 1. The molecule has 11 nitrogen and oxygen atoms in total. The molecule has 2 aliphatic rings. The number of amides is 1. The number of ether oxygens (including phenoxy) is 3. The number of pyridine rings is 1. The molecule has 1 amide bonds. The molecule has 1 aliphatic carbocycles. The van der Waals surface area contributed by atoms with Gasteiger partial charge >= 0.3 is 0 Å². The molecule has 1 aliphatic heterocycles. The molecule has 1 saturated carbocycles. The first kappa shape index (κ1) is 23.8. The number of imidazole rings is 1. The topological polar surface area (TPSA) is 117 Å². The zero-order chi connectivity index (χ0) is 25.5. The van der Waals surface area contributed by atoms with Gasteiger partial charge in [-0.05, 0) is 43.9 Å². The van der Waals surface area contributed by atoms with Crippen LogP contribution in [0.25, 0.3) is 27.9 Å². The maximum atomic E-state index is 13.2. The van der Waals surface area contributed by atoms with E-state index in [1.807, 2.05) is 25.2 Å². The molecule has 194 valence electrons. The lowest BCUT2D eigenvalue weighted by Gasteiger charge is -2.35. The minimum atomic E-state index is -0.353. The van der Waals surface area contributed by atoms with Gasteiger partial charge in [0.05, 0.1) is 35.8 Å². The molecule has 0 spiro atoms. The van der Waals surface area contributed by atoms with Gasteiger partial charge in [0.15, 0.2) is 17.6 Å². The molecule has 2 fully saturated rings. The van der Waals surface area contributed by atoms with Crippen LogP contribution in [0.4, 0.5) is 5.69 Å². The minimum Gasteiger partial charge on any atom is -0.385 e. The van der Waals surface area contributed by atoms with E-state index in [9.17, 15) is 4.79 Å². The van der Waals surface area contributed by atoms with Crippen molar-refractivity contribution in [1.29, 1.82) is 0 Å². The number of anilines is 1. The lowest BCUT2D eigenvalue weighted by Crippen LogP contribution is -2.51. The molecule has 4 aromatic heterocycles. The van der Waals surface area contributed by atoms with E-state index < -0.39 is 0 Å². The van der Waals surface area contributed by atoms with Gasteiger partial charge in [-0.1, -0.05) is 0 Å². The third-order valence-electron chi connectivity index (χ3n) is 7.50. The maximum Gasteiger partial charge on any atom is 0.271 e. The SMILES string of the molecule is CNc1cc(-c2cn([C@@H]3CCCO[C@@H]3OC)c3ncccc23)nn2c(C(=O)N[C@@H]3CC[C@H]3OC)cnc12. The molecule has 2 N–H and O–H groups in total. The molecule has 4 aromatic rings. The van der Waals surface area contributed by atoms with Crippen LogP contribution in [0, 0.1) is 0 Å². The zero-order valence-electron chi connectivity index (χ0n) is 21.2. The van der Waals surface area contributed by atoms with Gasteiger partial charge in [-0.25, -0.2) is 14.5 Å². The summed E-state index contributed by atoms with van der Waals surface area (Å²) >= 11 is 0. The van der Waals surface area contributed by atoms with Crippen LogP contribution in [0.5, 0.6) is 0 Å². The van der Waals surface area contributed by atoms with Crippen LogP contribution in [-0.4, -0.2) is 76.4 Å². The summed E-state index contributed by atoms with van der Waals surface area (Å²) in [4.78, 5) is 22.4.